The van der Waals surface area contributed by atoms with Crippen LogP contribution in [0.15, 0.2) is 36.1 Å². The predicted molar refractivity (Wildman–Crippen MR) is 142 cm³/mol. The maximum Gasteiger partial charge on any atom is 0.228 e. The quantitative estimate of drug-likeness (QED) is 0.161. The van der Waals surface area contributed by atoms with E-state index in [4.69, 9.17) is 23.7 Å². The van der Waals surface area contributed by atoms with Crippen molar-refractivity contribution in [1.82, 2.24) is 0 Å². The molecule has 10 N–H and O–H groups in total. The minimum atomic E-state index is -1.77. The summed E-state index contributed by atoms with van der Waals surface area (Å²) in [5.74, 6) is -1.50. The largest absolute Gasteiger partial charge is 0.508 e. The molecule has 2 aromatic carbocycles. The maximum atomic E-state index is 10.7. The van der Waals surface area contributed by atoms with Gasteiger partial charge in [0.2, 0.25) is 6.29 Å². The number of benzene rings is 2. The number of hydrogen-bond donors (Lipinski definition) is 10. The van der Waals surface area contributed by atoms with Gasteiger partial charge in [-0.2, -0.15) is 0 Å². The van der Waals surface area contributed by atoms with E-state index in [-0.39, 0.29) is 59.5 Å². The van der Waals surface area contributed by atoms with Crippen LogP contribution in [0.2, 0.25) is 0 Å². The first kappa shape index (κ1) is 31.1. The number of allylic oxidation sites excluding steroid dienone is 1. The van der Waals surface area contributed by atoms with Crippen molar-refractivity contribution >= 4 is 5.76 Å². The summed E-state index contributed by atoms with van der Waals surface area (Å²) in [7, 11) is 0. The van der Waals surface area contributed by atoms with Gasteiger partial charge in [0, 0.05) is 29.7 Å². The molecule has 0 aromatic heterocycles. The van der Waals surface area contributed by atoms with Crippen LogP contribution in [-0.2, 0) is 25.4 Å². The lowest BCUT2D eigenvalue weighted by atomic mass is 9.96. The van der Waals surface area contributed by atoms with Crippen molar-refractivity contribution in [3.05, 3.63) is 47.2 Å². The molecule has 43 heavy (non-hydrogen) atoms. The summed E-state index contributed by atoms with van der Waals surface area (Å²) in [6.07, 6.45) is -14.2. The molecule has 15 heteroatoms. The monoisotopic (exact) mass is 610 g/mol. The second-order valence-corrected chi connectivity index (χ2v) is 10.7. The third kappa shape index (κ3) is 6.17. The number of hydrogen-bond acceptors (Lipinski definition) is 15. The zero-order valence-electron chi connectivity index (χ0n) is 22.8. The van der Waals surface area contributed by atoms with Crippen LogP contribution >= 0.6 is 0 Å². The lowest BCUT2D eigenvalue weighted by Gasteiger charge is -2.41. The van der Waals surface area contributed by atoms with E-state index in [1.807, 2.05) is 0 Å². The Balaban J connectivity index is 1.35. The molecule has 3 aliphatic rings. The summed E-state index contributed by atoms with van der Waals surface area (Å²) in [5, 5.41) is 102. The average molecular weight is 611 g/mol. The Morgan fingerprint density at radius 1 is 0.721 bits per heavy atom. The highest BCUT2D eigenvalue weighted by Gasteiger charge is 2.47. The molecule has 0 saturated carbocycles. The molecule has 2 saturated heterocycles. The molecule has 0 amide bonds. The van der Waals surface area contributed by atoms with Gasteiger partial charge in [-0.25, -0.2) is 0 Å². The molecule has 236 valence electrons. The van der Waals surface area contributed by atoms with Gasteiger partial charge < -0.3 is 74.7 Å². The fourth-order valence-corrected chi connectivity index (χ4v) is 5.14. The Bertz CT molecular complexity index is 1350. The molecule has 5 rings (SSSR count). The number of phenolic OH excluding ortho intramolecular Hbond substituents is 4. The molecule has 0 spiro atoms. The number of fused-ring (bicyclic) bond motifs is 1. The smallest absolute Gasteiger partial charge is 0.228 e. The molecule has 0 aliphatic carbocycles. The van der Waals surface area contributed by atoms with Crippen molar-refractivity contribution in [2.75, 3.05) is 13.2 Å². The van der Waals surface area contributed by atoms with Crippen LogP contribution in [0.5, 0.6) is 28.7 Å². The summed E-state index contributed by atoms with van der Waals surface area (Å²) in [5.41, 5.74) is 0.412. The van der Waals surface area contributed by atoms with Crippen LogP contribution in [-0.4, -0.2) is 126 Å². The van der Waals surface area contributed by atoms with Gasteiger partial charge in [-0.1, -0.05) is 0 Å². The van der Waals surface area contributed by atoms with E-state index >= 15 is 0 Å². The summed E-state index contributed by atoms with van der Waals surface area (Å²) in [6.45, 7) is 0.864. The summed E-state index contributed by atoms with van der Waals surface area (Å²) < 4.78 is 28.6. The molecule has 2 fully saturated rings. The molecule has 2 aromatic rings. The van der Waals surface area contributed by atoms with Gasteiger partial charge in [-0.15, -0.1) is 0 Å². The number of aromatic hydroxyl groups is 4. The average Bonchev–Trinajstić information content (AvgIpc) is 2.97. The minimum Gasteiger partial charge on any atom is -0.508 e. The van der Waals surface area contributed by atoms with Crippen molar-refractivity contribution in [3.8, 4) is 28.7 Å². The highest BCUT2D eigenvalue weighted by Crippen LogP contribution is 2.43. The first-order chi connectivity index (χ1) is 20.3. The van der Waals surface area contributed by atoms with E-state index in [0.29, 0.717) is 0 Å². The summed E-state index contributed by atoms with van der Waals surface area (Å²) >= 11 is 0. The first-order valence-corrected chi connectivity index (χ1v) is 13.5. The lowest BCUT2D eigenvalue weighted by Crippen LogP contribution is -2.60. The van der Waals surface area contributed by atoms with Crippen LogP contribution in [0.4, 0.5) is 0 Å². The highest BCUT2D eigenvalue weighted by molar-refractivity contribution is 5.71. The van der Waals surface area contributed by atoms with Crippen molar-refractivity contribution in [1.29, 1.82) is 0 Å². The van der Waals surface area contributed by atoms with Gasteiger partial charge in [0.15, 0.2) is 17.3 Å². The number of aliphatic hydroxyl groups excluding tert-OH is 6. The Kier molecular flexibility index (Phi) is 8.89. The van der Waals surface area contributed by atoms with Gasteiger partial charge in [-0.3, -0.25) is 0 Å². The van der Waals surface area contributed by atoms with Crippen LogP contribution in [0.25, 0.3) is 5.76 Å². The number of phenols is 4. The van der Waals surface area contributed by atoms with Crippen LogP contribution in [0.3, 0.4) is 0 Å². The minimum absolute atomic E-state index is 0.0321. The second kappa shape index (κ2) is 12.3. The molecule has 15 nitrogen and oxygen atoms in total. The second-order valence-electron chi connectivity index (χ2n) is 10.7. The zero-order chi connectivity index (χ0) is 31.2. The first-order valence-electron chi connectivity index (χ1n) is 13.5. The van der Waals surface area contributed by atoms with E-state index in [9.17, 15) is 51.1 Å². The number of aliphatic hydroxyl groups is 6. The van der Waals surface area contributed by atoms with Gasteiger partial charge >= 0.3 is 0 Å². The van der Waals surface area contributed by atoms with Crippen molar-refractivity contribution in [3.63, 3.8) is 0 Å². The van der Waals surface area contributed by atoms with Gasteiger partial charge in [-0.05, 0) is 25.1 Å². The number of ether oxygens (including phenoxy) is 5. The zero-order valence-corrected chi connectivity index (χ0v) is 22.8. The Labute approximate surface area is 244 Å². The normalized spacial score (nSPS) is 34.4. The molecule has 3 aliphatic heterocycles. The fourth-order valence-electron chi connectivity index (χ4n) is 5.14. The van der Waals surface area contributed by atoms with Crippen LogP contribution in [0, 0.1) is 0 Å². The third-order valence-corrected chi connectivity index (χ3v) is 7.65. The van der Waals surface area contributed by atoms with Crippen LogP contribution in [0.1, 0.15) is 18.1 Å². The highest BCUT2D eigenvalue weighted by atomic mass is 16.7. The molecule has 0 radical (unpaired) electrons. The van der Waals surface area contributed by atoms with Gasteiger partial charge in [0.1, 0.15) is 71.8 Å². The van der Waals surface area contributed by atoms with Gasteiger partial charge in [0.05, 0.1) is 19.3 Å². The molecular formula is C28H34O15. The topological polar surface area (TPSA) is 248 Å². The Hall–Kier alpha value is -3.38. The van der Waals surface area contributed by atoms with E-state index in [1.54, 1.807) is 0 Å². The maximum absolute atomic E-state index is 10.7. The fraction of sp³-hybridized carbons (Fsp3) is 0.500. The standard InChI is InChI=1S/C28H34O15/c1-10-21(33)24(36)22(34)19(40-10)8-39-9-20-23(35)25(37)26(38)28(43-20)42-18-7-13-15(31)5-12(29)6-17(13)41-27(18)11-2-3-14(30)16(32)4-11/h2-6,10,19-26,28-38H,7-9H2,1H3/t10-,19+,20-,21-,22-,23+,24+,25+,26+,28+/m0/s1. The SMILES string of the molecule is C[C@@H]1O[C@H](COC[C@@H]2O[C@@H](OC3=C(c4ccc(O)c(O)c4)Oc4cc(O)cc(O)c4C3)[C@H](O)[C@H](O)[C@@H]2O)[C@H](O)[C@H](O)[C@H]1O. The molecule has 0 bridgehead atoms. The van der Waals surface area contributed by atoms with E-state index in [2.05, 4.69) is 0 Å². The molecular weight excluding hydrogens is 576 g/mol. The lowest BCUT2D eigenvalue weighted by molar-refractivity contribution is -0.296. The van der Waals surface area contributed by atoms with E-state index in [1.165, 1.54) is 31.2 Å². The van der Waals surface area contributed by atoms with Gasteiger partial charge in [0.25, 0.3) is 0 Å². The van der Waals surface area contributed by atoms with E-state index in [0.717, 1.165) is 6.07 Å². The van der Waals surface area contributed by atoms with Crippen molar-refractivity contribution < 1.29 is 74.7 Å². The van der Waals surface area contributed by atoms with Crippen molar-refractivity contribution in [2.45, 2.75) is 74.6 Å². The Morgan fingerprint density at radius 3 is 2.05 bits per heavy atom. The van der Waals surface area contributed by atoms with E-state index < -0.39 is 72.7 Å². The van der Waals surface area contributed by atoms with Crippen LogP contribution < -0.4 is 4.74 Å². The Morgan fingerprint density at radius 2 is 1.37 bits per heavy atom. The summed E-state index contributed by atoms with van der Waals surface area (Å²) in [6, 6.07) is 6.10. The molecule has 0 unspecified atom stereocenters. The number of rotatable bonds is 7. The van der Waals surface area contributed by atoms with Crippen molar-refractivity contribution in [2.24, 2.45) is 0 Å². The summed E-state index contributed by atoms with van der Waals surface area (Å²) in [4.78, 5) is 0. The molecule has 10 atom stereocenters. The molecule has 3 heterocycles. The third-order valence-electron chi connectivity index (χ3n) is 7.65. The predicted octanol–water partition coefficient (Wildman–Crippen LogP) is -1.48.